The molecule has 3 unspecified atom stereocenters. The molecule has 0 amide bonds. The fourth-order valence-corrected chi connectivity index (χ4v) is 3.37. The van der Waals surface area contributed by atoms with E-state index in [0.717, 1.165) is 31.1 Å². The maximum Gasteiger partial charge on any atom is 0.123 e. The van der Waals surface area contributed by atoms with E-state index in [9.17, 15) is 4.39 Å². The summed E-state index contributed by atoms with van der Waals surface area (Å²) in [5.41, 5.74) is 1.09. The quantitative estimate of drug-likeness (QED) is 0.865. The van der Waals surface area contributed by atoms with Crippen LogP contribution in [0.1, 0.15) is 31.4 Å². The Bertz CT molecular complexity index is 407. The maximum absolute atomic E-state index is 13.3. The van der Waals surface area contributed by atoms with Crippen molar-refractivity contribution in [1.82, 2.24) is 10.2 Å². The highest BCUT2D eigenvalue weighted by atomic mass is 19.1. The molecule has 2 aliphatic heterocycles. The molecule has 2 fully saturated rings. The average molecular weight is 248 g/mol. The van der Waals surface area contributed by atoms with Crippen LogP contribution in [0.25, 0.3) is 0 Å². The Morgan fingerprint density at radius 3 is 3.06 bits per heavy atom. The average Bonchev–Trinajstić information content (AvgIpc) is 2.81. The van der Waals surface area contributed by atoms with Crippen molar-refractivity contribution in [3.63, 3.8) is 0 Å². The first-order valence-electron chi connectivity index (χ1n) is 6.97. The number of nitrogens with zero attached hydrogens (tertiary/aromatic N) is 1. The van der Waals surface area contributed by atoms with Crippen molar-refractivity contribution in [1.29, 1.82) is 0 Å². The second-order valence-corrected chi connectivity index (χ2v) is 5.65. The lowest BCUT2D eigenvalue weighted by Gasteiger charge is -2.25. The van der Waals surface area contributed by atoms with Crippen LogP contribution in [0.2, 0.25) is 0 Å². The minimum atomic E-state index is -0.130. The van der Waals surface area contributed by atoms with Crippen LogP contribution < -0.4 is 5.32 Å². The van der Waals surface area contributed by atoms with Crippen molar-refractivity contribution in [3.05, 3.63) is 35.6 Å². The fraction of sp³-hybridized carbons (Fsp3) is 0.600. The van der Waals surface area contributed by atoms with E-state index in [2.05, 4.69) is 17.1 Å². The van der Waals surface area contributed by atoms with E-state index in [1.807, 2.05) is 12.1 Å². The Balaban J connectivity index is 1.72. The minimum Gasteiger partial charge on any atom is -0.312 e. The largest absolute Gasteiger partial charge is 0.312 e. The van der Waals surface area contributed by atoms with E-state index in [1.54, 1.807) is 6.07 Å². The molecule has 0 spiro atoms. The summed E-state index contributed by atoms with van der Waals surface area (Å²) >= 11 is 0. The molecule has 3 heteroatoms. The first kappa shape index (κ1) is 12.1. The molecule has 18 heavy (non-hydrogen) atoms. The van der Waals surface area contributed by atoms with Crippen molar-refractivity contribution in [2.24, 2.45) is 5.92 Å². The zero-order valence-electron chi connectivity index (χ0n) is 10.9. The number of benzene rings is 1. The highest BCUT2D eigenvalue weighted by molar-refractivity contribution is 5.20. The van der Waals surface area contributed by atoms with Crippen LogP contribution in [0.5, 0.6) is 0 Å². The summed E-state index contributed by atoms with van der Waals surface area (Å²) in [4.78, 5) is 2.49. The lowest BCUT2D eigenvalue weighted by molar-refractivity contribution is 0.250. The van der Waals surface area contributed by atoms with Crippen molar-refractivity contribution < 1.29 is 4.39 Å². The van der Waals surface area contributed by atoms with Gasteiger partial charge in [-0.1, -0.05) is 12.1 Å². The second kappa shape index (κ2) is 4.98. The predicted molar refractivity (Wildman–Crippen MR) is 70.9 cm³/mol. The molecule has 1 aromatic rings. The Morgan fingerprint density at radius 2 is 2.28 bits per heavy atom. The number of rotatable bonds is 2. The molecule has 0 aliphatic carbocycles. The van der Waals surface area contributed by atoms with E-state index >= 15 is 0 Å². The molecule has 0 saturated carbocycles. The monoisotopic (exact) mass is 248 g/mol. The molecule has 0 bridgehead atoms. The van der Waals surface area contributed by atoms with Crippen LogP contribution in [0.4, 0.5) is 4.39 Å². The van der Waals surface area contributed by atoms with Gasteiger partial charge in [0.25, 0.3) is 0 Å². The molecule has 2 aliphatic rings. The SMILES string of the molecule is CC(c1cccc(F)c1)N1CC2CCCNC2C1. The Hall–Kier alpha value is -0.930. The predicted octanol–water partition coefficient (Wildman–Crippen LogP) is 2.57. The molecular weight excluding hydrogens is 227 g/mol. The summed E-state index contributed by atoms with van der Waals surface area (Å²) in [6.45, 7) is 5.59. The van der Waals surface area contributed by atoms with Crippen molar-refractivity contribution in [2.75, 3.05) is 19.6 Å². The topological polar surface area (TPSA) is 15.3 Å². The summed E-state index contributed by atoms with van der Waals surface area (Å²) in [6, 6.07) is 7.98. The van der Waals surface area contributed by atoms with Crippen LogP contribution in [0.15, 0.2) is 24.3 Å². The first-order chi connectivity index (χ1) is 8.74. The first-order valence-corrected chi connectivity index (χ1v) is 6.97. The smallest absolute Gasteiger partial charge is 0.123 e. The van der Waals surface area contributed by atoms with Crippen LogP contribution in [0, 0.1) is 11.7 Å². The Kier molecular flexibility index (Phi) is 3.35. The van der Waals surface area contributed by atoms with Gasteiger partial charge in [-0.15, -0.1) is 0 Å². The molecule has 0 aromatic heterocycles. The van der Waals surface area contributed by atoms with Gasteiger partial charge in [0.2, 0.25) is 0 Å². The lowest BCUT2D eigenvalue weighted by Crippen LogP contribution is -2.40. The van der Waals surface area contributed by atoms with Gasteiger partial charge in [0.1, 0.15) is 5.82 Å². The van der Waals surface area contributed by atoms with Gasteiger partial charge in [-0.25, -0.2) is 4.39 Å². The van der Waals surface area contributed by atoms with Crippen LogP contribution in [-0.4, -0.2) is 30.6 Å². The highest BCUT2D eigenvalue weighted by Gasteiger charge is 2.36. The van der Waals surface area contributed by atoms with E-state index < -0.39 is 0 Å². The van der Waals surface area contributed by atoms with E-state index in [0.29, 0.717) is 12.1 Å². The van der Waals surface area contributed by atoms with Gasteiger partial charge < -0.3 is 5.32 Å². The molecule has 2 saturated heterocycles. The number of fused-ring (bicyclic) bond motifs is 1. The zero-order chi connectivity index (χ0) is 12.5. The van der Waals surface area contributed by atoms with Gasteiger partial charge in [-0.3, -0.25) is 4.90 Å². The van der Waals surface area contributed by atoms with Gasteiger partial charge in [-0.05, 0) is 49.9 Å². The Labute approximate surface area is 108 Å². The zero-order valence-corrected chi connectivity index (χ0v) is 10.9. The van der Waals surface area contributed by atoms with Gasteiger partial charge in [0, 0.05) is 25.2 Å². The second-order valence-electron chi connectivity index (χ2n) is 5.65. The van der Waals surface area contributed by atoms with Gasteiger partial charge in [0.05, 0.1) is 0 Å². The number of nitrogens with one attached hydrogen (secondary N) is 1. The molecule has 2 nitrogen and oxygen atoms in total. The lowest BCUT2D eigenvalue weighted by atomic mass is 9.94. The van der Waals surface area contributed by atoms with Gasteiger partial charge in [-0.2, -0.15) is 0 Å². The van der Waals surface area contributed by atoms with Gasteiger partial charge in [0.15, 0.2) is 0 Å². The summed E-state index contributed by atoms with van der Waals surface area (Å²) in [5.74, 6) is 0.656. The summed E-state index contributed by atoms with van der Waals surface area (Å²) in [5, 5.41) is 3.61. The van der Waals surface area contributed by atoms with Gasteiger partial charge >= 0.3 is 0 Å². The van der Waals surface area contributed by atoms with E-state index in [1.165, 1.54) is 18.9 Å². The number of likely N-dealkylation sites (tertiary alicyclic amines) is 1. The third-order valence-corrected chi connectivity index (χ3v) is 4.51. The summed E-state index contributed by atoms with van der Waals surface area (Å²) < 4.78 is 13.3. The molecular formula is C15H21FN2. The fourth-order valence-electron chi connectivity index (χ4n) is 3.37. The Morgan fingerprint density at radius 1 is 1.39 bits per heavy atom. The number of halogens is 1. The molecule has 1 N–H and O–H groups in total. The third-order valence-electron chi connectivity index (χ3n) is 4.51. The van der Waals surface area contributed by atoms with Crippen LogP contribution in [-0.2, 0) is 0 Å². The minimum absolute atomic E-state index is 0.130. The third kappa shape index (κ3) is 2.29. The molecule has 2 heterocycles. The maximum atomic E-state index is 13.3. The van der Waals surface area contributed by atoms with E-state index in [4.69, 9.17) is 0 Å². The molecule has 1 aromatic carbocycles. The van der Waals surface area contributed by atoms with Crippen LogP contribution >= 0.6 is 0 Å². The number of hydrogen-bond donors (Lipinski definition) is 1. The summed E-state index contributed by atoms with van der Waals surface area (Å²) in [6.07, 6.45) is 2.63. The number of hydrogen-bond acceptors (Lipinski definition) is 2. The normalized spacial score (nSPS) is 30.1. The van der Waals surface area contributed by atoms with Crippen molar-refractivity contribution in [3.8, 4) is 0 Å². The van der Waals surface area contributed by atoms with Crippen molar-refractivity contribution >= 4 is 0 Å². The molecule has 0 radical (unpaired) electrons. The van der Waals surface area contributed by atoms with E-state index in [-0.39, 0.29) is 5.82 Å². The highest BCUT2D eigenvalue weighted by Crippen LogP contribution is 2.31. The van der Waals surface area contributed by atoms with Crippen LogP contribution in [0.3, 0.4) is 0 Å². The molecule has 3 rings (SSSR count). The number of piperidine rings is 1. The summed E-state index contributed by atoms with van der Waals surface area (Å²) in [7, 11) is 0. The van der Waals surface area contributed by atoms with Crippen molar-refractivity contribution in [2.45, 2.75) is 31.8 Å². The molecule has 3 atom stereocenters. The molecule has 98 valence electrons. The standard InChI is InChI=1S/C15H21FN2/c1-11(12-4-2-6-14(16)8-12)18-9-13-5-3-7-17-15(13)10-18/h2,4,6,8,11,13,15,17H,3,5,7,9-10H2,1H3.